The number of carbonyl (C=O) groups excluding carboxylic acids is 1. The van der Waals surface area contributed by atoms with Crippen LogP contribution in [0.25, 0.3) is 0 Å². The van der Waals surface area contributed by atoms with E-state index < -0.39 is 49.5 Å². The first-order valence-corrected chi connectivity index (χ1v) is 19.7. The molecule has 1 fully saturated rings. The highest BCUT2D eigenvalue weighted by Gasteiger charge is 2.44. The number of unbranched alkanes of at least 4 members (excludes halogenated alkanes) is 17. The summed E-state index contributed by atoms with van der Waals surface area (Å²) in [5.41, 5.74) is 0. The maximum Gasteiger partial charge on any atom is 0.220 e. The summed E-state index contributed by atoms with van der Waals surface area (Å²) in [4.78, 5) is 12.9. The van der Waals surface area contributed by atoms with Crippen molar-refractivity contribution in [2.24, 2.45) is 0 Å². The number of hydrogen-bond donors (Lipinski definition) is 6. The van der Waals surface area contributed by atoms with Gasteiger partial charge in [0.25, 0.3) is 0 Å². The van der Waals surface area contributed by atoms with Crippen LogP contribution < -0.4 is 5.32 Å². The molecule has 0 bridgehead atoms. The minimum Gasteiger partial charge on any atom is -0.394 e. The van der Waals surface area contributed by atoms with Gasteiger partial charge in [0.2, 0.25) is 5.91 Å². The highest BCUT2D eigenvalue weighted by Crippen LogP contribution is 2.22. The van der Waals surface area contributed by atoms with Crippen molar-refractivity contribution in [3.63, 3.8) is 0 Å². The van der Waals surface area contributed by atoms with Gasteiger partial charge in [-0.2, -0.15) is 0 Å². The van der Waals surface area contributed by atoms with Gasteiger partial charge in [-0.05, 0) is 44.9 Å². The fraction of sp³-hybridized carbons (Fsp3) is 0.825. The molecule has 6 N–H and O–H groups in total. The molecule has 0 aromatic rings. The van der Waals surface area contributed by atoms with Gasteiger partial charge in [0, 0.05) is 6.42 Å². The van der Waals surface area contributed by atoms with Gasteiger partial charge in [0.15, 0.2) is 6.29 Å². The quantitative estimate of drug-likeness (QED) is 0.0338. The predicted octanol–water partition coefficient (Wildman–Crippen LogP) is 6.94. The topological polar surface area (TPSA) is 149 Å². The van der Waals surface area contributed by atoms with Crippen LogP contribution >= 0.6 is 0 Å². The molecule has 0 spiro atoms. The Morgan fingerprint density at radius 3 is 1.82 bits per heavy atom. The molecule has 0 aromatic heterocycles. The predicted molar refractivity (Wildman–Crippen MR) is 198 cm³/mol. The van der Waals surface area contributed by atoms with Crippen molar-refractivity contribution in [3.8, 4) is 0 Å². The summed E-state index contributed by atoms with van der Waals surface area (Å²) in [6, 6.07) is -0.808. The molecule has 9 heteroatoms. The third kappa shape index (κ3) is 22.8. The largest absolute Gasteiger partial charge is 0.394 e. The molecule has 7 unspecified atom stereocenters. The van der Waals surface area contributed by atoms with Crippen molar-refractivity contribution in [2.45, 2.75) is 198 Å². The number of ether oxygens (including phenoxy) is 2. The zero-order chi connectivity index (χ0) is 36.0. The molecule has 1 rings (SSSR count). The molecule has 0 saturated carbocycles. The Labute approximate surface area is 298 Å². The Bertz CT molecular complexity index is 863. The average molecular weight is 696 g/mol. The Morgan fingerprint density at radius 2 is 1.22 bits per heavy atom. The van der Waals surface area contributed by atoms with Gasteiger partial charge in [-0.15, -0.1) is 0 Å². The summed E-state index contributed by atoms with van der Waals surface area (Å²) in [5.74, 6) is -0.195. The first-order valence-electron chi connectivity index (χ1n) is 19.7. The third-order valence-electron chi connectivity index (χ3n) is 9.21. The number of aliphatic hydroxyl groups is 5. The van der Waals surface area contributed by atoms with E-state index in [4.69, 9.17) is 9.47 Å². The zero-order valence-electron chi connectivity index (χ0n) is 30.9. The number of rotatable bonds is 31. The summed E-state index contributed by atoms with van der Waals surface area (Å²) in [6.07, 6.45) is 28.9. The van der Waals surface area contributed by atoms with Gasteiger partial charge in [0.05, 0.1) is 25.4 Å². The monoisotopic (exact) mass is 696 g/mol. The van der Waals surface area contributed by atoms with Crippen LogP contribution in [0.5, 0.6) is 0 Å². The molecule has 1 amide bonds. The lowest BCUT2D eigenvalue weighted by Gasteiger charge is -2.40. The fourth-order valence-corrected chi connectivity index (χ4v) is 5.93. The highest BCUT2D eigenvalue weighted by molar-refractivity contribution is 5.76. The number of nitrogens with one attached hydrogen (secondary N) is 1. The number of allylic oxidation sites excluding steroid dienone is 5. The molecule has 7 atom stereocenters. The second-order valence-corrected chi connectivity index (χ2v) is 13.7. The molecule has 0 radical (unpaired) electrons. The van der Waals surface area contributed by atoms with Gasteiger partial charge >= 0.3 is 0 Å². The number of aliphatic hydroxyl groups excluding tert-OH is 5. The van der Waals surface area contributed by atoms with Crippen LogP contribution in [0.4, 0.5) is 0 Å². The standard InChI is InChI=1S/C40H73NO8/c1-3-5-7-9-11-13-15-17-18-20-22-24-26-28-30-36(44)41-33(32-48-40-39(47)38(46)37(45)35(31-42)49-40)34(43)29-27-25-23-21-19-16-14-12-10-8-6-4-2/h9,11,15,17,27,29,33-35,37-40,42-43,45-47H,3-8,10,12-14,16,18-26,28,30-32H2,1-2H3,(H,41,44)/b11-9-,17-15-,29-27+. The Hall–Kier alpha value is -1.59. The summed E-state index contributed by atoms with van der Waals surface area (Å²) >= 11 is 0. The van der Waals surface area contributed by atoms with Crippen LogP contribution in [-0.2, 0) is 14.3 Å². The Balaban J connectivity index is 2.46. The summed E-state index contributed by atoms with van der Waals surface area (Å²) in [6.45, 7) is 3.68. The van der Waals surface area contributed by atoms with Crippen LogP contribution in [0.1, 0.15) is 155 Å². The highest BCUT2D eigenvalue weighted by atomic mass is 16.7. The van der Waals surface area contributed by atoms with Crippen LogP contribution in [0.15, 0.2) is 36.5 Å². The fourth-order valence-electron chi connectivity index (χ4n) is 5.93. The molecule has 0 aromatic carbocycles. The second kappa shape index (κ2) is 31.2. The minimum atomic E-state index is -1.57. The van der Waals surface area contributed by atoms with Crippen molar-refractivity contribution in [1.82, 2.24) is 5.32 Å². The van der Waals surface area contributed by atoms with E-state index in [2.05, 4.69) is 43.5 Å². The van der Waals surface area contributed by atoms with Gasteiger partial charge in [-0.1, -0.05) is 140 Å². The zero-order valence-corrected chi connectivity index (χ0v) is 30.9. The van der Waals surface area contributed by atoms with E-state index >= 15 is 0 Å². The van der Waals surface area contributed by atoms with E-state index in [-0.39, 0.29) is 12.5 Å². The molecule has 286 valence electrons. The maximum absolute atomic E-state index is 12.9. The van der Waals surface area contributed by atoms with Gasteiger partial charge < -0.3 is 40.3 Å². The Kier molecular flexibility index (Phi) is 28.9. The summed E-state index contributed by atoms with van der Waals surface area (Å²) in [5, 5.41) is 53.9. The molecule has 1 heterocycles. The van der Waals surface area contributed by atoms with Crippen LogP contribution in [0, 0.1) is 0 Å². The van der Waals surface area contributed by atoms with Crippen LogP contribution in [-0.4, -0.2) is 87.5 Å². The number of amides is 1. The molecule has 1 aliphatic rings. The lowest BCUT2D eigenvalue weighted by molar-refractivity contribution is -0.302. The second-order valence-electron chi connectivity index (χ2n) is 13.7. The van der Waals surface area contributed by atoms with Crippen molar-refractivity contribution < 1.29 is 39.8 Å². The van der Waals surface area contributed by atoms with E-state index in [0.29, 0.717) is 6.42 Å². The van der Waals surface area contributed by atoms with Crippen molar-refractivity contribution in [1.29, 1.82) is 0 Å². The summed E-state index contributed by atoms with van der Waals surface area (Å²) in [7, 11) is 0. The van der Waals surface area contributed by atoms with Gasteiger partial charge in [-0.3, -0.25) is 4.79 Å². The molecular formula is C40H73NO8. The Morgan fingerprint density at radius 1 is 0.694 bits per heavy atom. The van der Waals surface area contributed by atoms with Crippen molar-refractivity contribution in [2.75, 3.05) is 13.2 Å². The smallest absolute Gasteiger partial charge is 0.220 e. The van der Waals surface area contributed by atoms with Crippen LogP contribution in [0.2, 0.25) is 0 Å². The van der Waals surface area contributed by atoms with E-state index in [9.17, 15) is 30.3 Å². The third-order valence-corrected chi connectivity index (χ3v) is 9.21. The molecule has 1 aliphatic heterocycles. The minimum absolute atomic E-state index is 0.194. The molecule has 1 saturated heterocycles. The lowest BCUT2D eigenvalue weighted by Crippen LogP contribution is -2.60. The van der Waals surface area contributed by atoms with Crippen molar-refractivity contribution >= 4 is 5.91 Å². The van der Waals surface area contributed by atoms with Gasteiger partial charge in [0.1, 0.15) is 24.4 Å². The van der Waals surface area contributed by atoms with E-state index in [1.807, 2.05) is 6.08 Å². The number of hydrogen-bond acceptors (Lipinski definition) is 8. The molecule has 49 heavy (non-hydrogen) atoms. The first-order chi connectivity index (χ1) is 23.8. The maximum atomic E-state index is 12.9. The van der Waals surface area contributed by atoms with Crippen molar-refractivity contribution in [3.05, 3.63) is 36.5 Å². The van der Waals surface area contributed by atoms with Crippen LogP contribution in [0.3, 0.4) is 0 Å². The SMILES string of the molecule is CCCC/C=C\C/C=C\CCCCCCCC(=O)NC(COC1OC(CO)C(O)C(O)C1O)C(O)/C=C/CCCCCCCCCCCC. The molecule has 0 aliphatic carbocycles. The van der Waals surface area contributed by atoms with E-state index in [1.165, 1.54) is 64.2 Å². The first kappa shape index (κ1) is 45.4. The molecular weight excluding hydrogens is 622 g/mol. The average Bonchev–Trinajstić information content (AvgIpc) is 3.10. The summed E-state index contributed by atoms with van der Waals surface area (Å²) < 4.78 is 11.1. The van der Waals surface area contributed by atoms with E-state index in [0.717, 1.165) is 70.6 Å². The lowest BCUT2D eigenvalue weighted by atomic mass is 9.99. The molecule has 9 nitrogen and oxygen atoms in total. The van der Waals surface area contributed by atoms with Gasteiger partial charge in [-0.25, -0.2) is 0 Å². The normalized spacial score (nSPS) is 22.8. The van der Waals surface area contributed by atoms with E-state index in [1.54, 1.807) is 6.08 Å². The number of carbonyl (C=O) groups is 1.